The van der Waals surface area contributed by atoms with E-state index in [1.807, 2.05) is 0 Å². The second kappa shape index (κ2) is 6.93. The van der Waals surface area contributed by atoms with E-state index in [0.717, 1.165) is 23.9 Å². The highest BCUT2D eigenvalue weighted by atomic mass is 79.9. The maximum absolute atomic E-state index is 10.6. The topological polar surface area (TPSA) is 46.9 Å². The maximum Gasteiger partial charge on any atom is 0.0996 e. The van der Waals surface area contributed by atoms with E-state index in [-0.39, 0.29) is 11.6 Å². The molecule has 3 atom stereocenters. The molecule has 3 rings (SSSR count). The van der Waals surface area contributed by atoms with Crippen molar-refractivity contribution >= 4 is 21.6 Å². The summed E-state index contributed by atoms with van der Waals surface area (Å²) in [4.78, 5) is 4.69. The van der Waals surface area contributed by atoms with Crippen LogP contribution in [-0.4, -0.2) is 53.1 Å². The Kier molecular flexibility index (Phi) is 5.30. The molecular weight excluding hydrogens is 392 g/mol. The minimum atomic E-state index is -1.13. The third-order valence-corrected chi connectivity index (χ3v) is 6.48. The lowest BCUT2D eigenvalue weighted by Crippen LogP contribution is -2.53. The first-order valence-corrected chi connectivity index (χ1v) is 10.2. The Labute approximate surface area is 165 Å². The Balaban J connectivity index is 2.08. The van der Waals surface area contributed by atoms with Crippen molar-refractivity contribution in [1.82, 2.24) is 4.90 Å². The average Bonchev–Trinajstić information content (AvgIpc) is 2.99. The molecule has 1 aromatic carbocycles. The standard InChI is InChI=1S/C21H31BrN2O2/c1-14(2)8-9-21-10-11-23(5)19(21)24(13-18(25)20(3,4)26)17-12-15(22)6-7-16(17)21/h6-8,12,18-19,25-26H,9-11,13H2,1-5H3/t18?,19-,21+/m1/s1. The Bertz CT molecular complexity index is 708. The fourth-order valence-electron chi connectivity index (χ4n) is 4.47. The van der Waals surface area contributed by atoms with Crippen LogP contribution >= 0.6 is 15.9 Å². The van der Waals surface area contributed by atoms with E-state index >= 15 is 0 Å². The van der Waals surface area contributed by atoms with Gasteiger partial charge in [-0.15, -0.1) is 0 Å². The minimum Gasteiger partial charge on any atom is -0.388 e. The number of benzene rings is 1. The molecule has 2 aliphatic rings. The van der Waals surface area contributed by atoms with Gasteiger partial charge in [0.1, 0.15) is 0 Å². The third-order valence-electron chi connectivity index (χ3n) is 5.98. The van der Waals surface area contributed by atoms with Gasteiger partial charge in [-0.05, 0) is 65.3 Å². The fourth-order valence-corrected chi connectivity index (χ4v) is 4.81. The number of nitrogens with zero attached hydrogens (tertiary/aromatic N) is 2. The molecule has 0 radical (unpaired) electrons. The van der Waals surface area contributed by atoms with E-state index in [9.17, 15) is 10.2 Å². The summed E-state index contributed by atoms with van der Waals surface area (Å²) >= 11 is 3.61. The first-order valence-electron chi connectivity index (χ1n) is 9.37. The number of aliphatic hydroxyl groups excluding tert-OH is 1. The predicted octanol–water partition coefficient (Wildman–Crippen LogP) is 3.66. The molecule has 2 aliphatic heterocycles. The maximum atomic E-state index is 10.6. The van der Waals surface area contributed by atoms with Crippen LogP contribution < -0.4 is 4.90 Å². The molecule has 26 heavy (non-hydrogen) atoms. The molecule has 0 aliphatic carbocycles. The Morgan fingerprint density at radius 3 is 2.73 bits per heavy atom. The number of anilines is 1. The van der Waals surface area contributed by atoms with Crippen molar-refractivity contribution in [2.75, 3.05) is 25.0 Å². The zero-order chi connectivity index (χ0) is 19.3. The number of aliphatic hydroxyl groups is 2. The number of likely N-dealkylation sites (N-methyl/N-ethyl adjacent to an activating group) is 1. The molecule has 2 N–H and O–H groups in total. The lowest BCUT2D eigenvalue weighted by atomic mass is 9.76. The van der Waals surface area contributed by atoms with Crippen LogP contribution in [0.2, 0.25) is 0 Å². The fraction of sp³-hybridized carbons (Fsp3) is 0.619. The largest absolute Gasteiger partial charge is 0.388 e. The third kappa shape index (κ3) is 3.35. The van der Waals surface area contributed by atoms with E-state index in [1.54, 1.807) is 13.8 Å². The van der Waals surface area contributed by atoms with Crippen LogP contribution in [0.15, 0.2) is 34.3 Å². The number of likely N-dealkylation sites (tertiary alicyclic amines) is 1. The van der Waals surface area contributed by atoms with Crippen LogP contribution in [0.25, 0.3) is 0 Å². The van der Waals surface area contributed by atoms with Gasteiger partial charge < -0.3 is 15.1 Å². The molecule has 0 amide bonds. The van der Waals surface area contributed by atoms with Crippen LogP contribution in [-0.2, 0) is 5.41 Å². The molecule has 0 saturated carbocycles. The molecule has 1 fully saturated rings. The SMILES string of the molecule is CC(C)=CC[C@@]12CCN(C)[C@@H]1N(CC(O)C(C)(C)O)c1cc(Br)ccc12. The van der Waals surface area contributed by atoms with Gasteiger partial charge in [0.25, 0.3) is 0 Å². The summed E-state index contributed by atoms with van der Waals surface area (Å²) in [6, 6.07) is 6.51. The molecule has 1 aromatic rings. The highest BCUT2D eigenvalue weighted by Crippen LogP contribution is 2.54. The molecule has 0 aromatic heterocycles. The second-order valence-corrected chi connectivity index (χ2v) is 9.64. The minimum absolute atomic E-state index is 0.0291. The van der Waals surface area contributed by atoms with Gasteiger partial charge in [-0.3, -0.25) is 4.90 Å². The van der Waals surface area contributed by atoms with Crippen LogP contribution in [0.3, 0.4) is 0 Å². The van der Waals surface area contributed by atoms with Gasteiger partial charge in [0.2, 0.25) is 0 Å². The van der Waals surface area contributed by atoms with Crippen LogP contribution in [0.1, 0.15) is 46.1 Å². The number of β-amino-alcohol motifs (C(OH)–C–C–N with tert-alkyl or cyclic N) is 1. The van der Waals surface area contributed by atoms with E-state index in [1.165, 1.54) is 16.8 Å². The Morgan fingerprint density at radius 2 is 2.12 bits per heavy atom. The summed E-state index contributed by atoms with van der Waals surface area (Å²) in [6.45, 7) is 9.09. The van der Waals surface area contributed by atoms with Crippen molar-refractivity contribution < 1.29 is 10.2 Å². The lowest BCUT2D eigenvalue weighted by Gasteiger charge is -2.39. The van der Waals surface area contributed by atoms with Gasteiger partial charge in [-0.1, -0.05) is 33.6 Å². The first kappa shape index (κ1) is 19.9. The van der Waals surface area contributed by atoms with E-state index < -0.39 is 11.7 Å². The number of fused-ring (bicyclic) bond motifs is 3. The number of halogens is 1. The summed E-state index contributed by atoms with van der Waals surface area (Å²) in [5.74, 6) is 0. The number of hydrogen-bond acceptors (Lipinski definition) is 4. The van der Waals surface area contributed by atoms with Crippen molar-refractivity contribution in [3.63, 3.8) is 0 Å². The molecule has 144 valence electrons. The van der Waals surface area contributed by atoms with Crippen molar-refractivity contribution in [1.29, 1.82) is 0 Å². The van der Waals surface area contributed by atoms with Crippen molar-refractivity contribution in [2.45, 2.75) is 63.8 Å². The number of hydrogen-bond donors (Lipinski definition) is 2. The monoisotopic (exact) mass is 422 g/mol. The summed E-state index contributed by atoms with van der Waals surface area (Å²) < 4.78 is 1.04. The van der Waals surface area contributed by atoms with Crippen LogP contribution in [0, 0.1) is 0 Å². The smallest absolute Gasteiger partial charge is 0.0996 e. The second-order valence-electron chi connectivity index (χ2n) is 8.73. The van der Waals surface area contributed by atoms with Gasteiger partial charge in [0.15, 0.2) is 0 Å². The summed E-state index contributed by atoms with van der Waals surface area (Å²) in [5.41, 5.74) is 2.76. The van der Waals surface area contributed by atoms with Crippen molar-refractivity contribution in [3.05, 3.63) is 39.9 Å². The number of allylic oxidation sites excluding steroid dienone is 2. The Morgan fingerprint density at radius 1 is 1.42 bits per heavy atom. The van der Waals surface area contributed by atoms with E-state index in [2.05, 4.69) is 70.9 Å². The van der Waals surface area contributed by atoms with E-state index in [0.29, 0.717) is 6.54 Å². The summed E-state index contributed by atoms with van der Waals surface area (Å²) in [6.07, 6.45) is 3.81. The molecule has 4 nitrogen and oxygen atoms in total. The van der Waals surface area contributed by atoms with Crippen molar-refractivity contribution in [2.24, 2.45) is 0 Å². The quantitative estimate of drug-likeness (QED) is 0.710. The molecule has 1 saturated heterocycles. The van der Waals surface area contributed by atoms with Gasteiger partial charge in [0.05, 0.1) is 17.9 Å². The Hall–Kier alpha value is -0.880. The zero-order valence-corrected chi connectivity index (χ0v) is 18.0. The first-order chi connectivity index (χ1) is 12.1. The summed E-state index contributed by atoms with van der Waals surface area (Å²) in [7, 11) is 2.17. The number of rotatable bonds is 5. The predicted molar refractivity (Wildman–Crippen MR) is 111 cm³/mol. The molecule has 0 spiro atoms. The molecular formula is C21H31BrN2O2. The van der Waals surface area contributed by atoms with Gasteiger partial charge >= 0.3 is 0 Å². The molecule has 1 unspecified atom stereocenters. The average molecular weight is 423 g/mol. The van der Waals surface area contributed by atoms with Crippen LogP contribution in [0.4, 0.5) is 5.69 Å². The lowest BCUT2D eigenvalue weighted by molar-refractivity contribution is -0.0449. The van der Waals surface area contributed by atoms with Gasteiger partial charge in [0, 0.05) is 28.7 Å². The van der Waals surface area contributed by atoms with Gasteiger partial charge in [-0.25, -0.2) is 0 Å². The van der Waals surface area contributed by atoms with Gasteiger partial charge in [-0.2, -0.15) is 0 Å². The molecule has 0 bridgehead atoms. The highest BCUT2D eigenvalue weighted by molar-refractivity contribution is 9.10. The van der Waals surface area contributed by atoms with Crippen LogP contribution in [0.5, 0.6) is 0 Å². The normalized spacial score (nSPS) is 26.6. The molecule has 2 heterocycles. The zero-order valence-electron chi connectivity index (χ0n) is 16.5. The van der Waals surface area contributed by atoms with Crippen molar-refractivity contribution in [3.8, 4) is 0 Å². The molecule has 5 heteroatoms. The van der Waals surface area contributed by atoms with E-state index in [4.69, 9.17) is 0 Å². The summed E-state index contributed by atoms with van der Waals surface area (Å²) in [5, 5.41) is 20.9. The highest BCUT2D eigenvalue weighted by Gasteiger charge is 2.56.